The van der Waals surface area contributed by atoms with Crippen LogP contribution in [0.15, 0.2) is 11.6 Å². The molecule has 0 amide bonds. The molecule has 0 bridgehead atoms. The zero-order valence-corrected chi connectivity index (χ0v) is 10.1. The monoisotopic (exact) mass is 248 g/mol. The van der Waals surface area contributed by atoms with Crippen LogP contribution in [-0.2, 0) is 0 Å². The van der Waals surface area contributed by atoms with Crippen LogP contribution in [0.5, 0.6) is 0 Å². The quantitative estimate of drug-likeness (QED) is 0.754. The summed E-state index contributed by atoms with van der Waals surface area (Å²) in [7, 11) is 0. The Balaban J connectivity index is 1.89. The topological polar surface area (TPSA) is 15.3 Å². The van der Waals surface area contributed by atoms with Crippen LogP contribution in [0.4, 0.5) is 13.2 Å². The van der Waals surface area contributed by atoms with E-state index in [0.717, 1.165) is 25.9 Å². The highest BCUT2D eigenvalue weighted by Crippen LogP contribution is 2.31. The molecule has 2 heterocycles. The van der Waals surface area contributed by atoms with Crippen molar-refractivity contribution in [2.24, 2.45) is 0 Å². The normalized spacial score (nSPS) is 31.6. The van der Waals surface area contributed by atoms with Crippen LogP contribution in [0.2, 0.25) is 0 Å². The summed E-state index contributed by atoms with van der Waals surface area (Å²) >= 11 is 0. The van der Waals surface area contributed by atoms with Crippen molar-refractivity contribution in [2.75, 3.05) is 26.2 Å². The van der Waals surface area contributed by atoms with Crippen molar-refractivity contribution in [2.45, 2.75) is 37.9 Å². The Kier molecular flexibility index (Phi) is 3.50. The van der Waals surface area contributed by atoms with Gasteiger partial charge in [0.05, 0.1) is 0 Å². The van der Waals surface area contributed by atoms with Crippen molar-refractivity contribution in [3.05, 3.63) is 11.6 Å². The molecule has 17 heavy (non-hydrogen) atoms. The average molecular weight is 248 g/mol. The van der Waals surface area contributed by atoms with E-state index >= 15 is 0 Å². The molecule has 2 nitrogen and oxygen atoms in total. The minimum atomic E-state index is -4.14. The second kappa shape index (κ2) is 4.61. The third-order valence-corrected chi connectivity index (χ3v) is 3.69. The average Bonchev–Trinajstić information content (AvgIpc) is 2.64. The van der Waals surface area contributed by atoms with Gasteiger partial charge in [0.1, 0.15) is 0 Å². The lowest BCUT2D eigenvalue weighted by atomic mass is 9.98. The van der Waals surface area contributed by atoms with Gasteiger partial charge in [-0.15, -0.1) is 0 Å². The van der Waals surface area contributed by atoms with E-state index in [4.69, 9.17) is 0 Å². The second-order valence-electron chi connectivity index (χ2n) is 5.30. The fourth-order valence-electron chi connectivity index (χ4n) is 2.70. The van der Waals surface area contributed by atoms with Gasteiger partial charge in [-0.05, 0) is 32.7 Å². The fraction of sp³-hybridized carbons (Fsp3) is 0.833. The van der Waals surface area contributed by atoms with Crippen molar-refractivity contribution >= 4 is 0 Å². The summed E-state index contributed by atoms with van der Waals surface area (Å²) in [6.45, 7) is 4.96. The van der Waals surface area contributed by atoms with Gasteiger partial charge in [0.15, 0.2) is 0 Å². The van der Waals surface area contributed by atoms with E-state index in [-0.39, 0.29) is 17.5 Å². The highest BCUT2D eigenvalue weighted by atomic mass is 19.4. The third kappa shape index (κ3) is 3.22. The van der Waals surface area contributed by atoms with Gasteiger partial charge in [-0.2, -0.15) is 13.2 Å². The molecule has 1 unspecified atom stereocenters. The summed E-state index contributed by atoms with van der Waals surface area (Å²) in [4.78, 5) is 2.10. The first kappa shape index (κ1) is 12.9. The van der Waals surface area contributed by atoms with Gasteiger partial charge in [0.2, 0.25) is 0 Å². The molecule has 0 saturated carbocycles. The number of alkyl halides is 3. The van der Waals surface area contributed by atoms with Crippen molar-refractivity contribution in [3.8, 4) is 0 Å². The Morgan fingerprint density at radius 3 is 2.71 bits per heavy atom. The van der Waals surface area contributed by atoms with E-state index < -0.39 is 6.18 Å². The van der Waals surface area contributed by atoms with Crippen LogP contribution in [0.3, 0.4) is 0 Å². The molecule has 0 aromatic carbocycles. The van der Waals surface area contributed by atoms with Crippen LogP contribution in [-0.4, -0.2) is 42.8 Å². The lowest BCUT2D eigenvalue weighted by Gasteiger charge is -2.34. The summed E-state index contributed by atoms with van der Waals surface area (Å²) < 4.78 is 37.3. The first-order chi connectivity index (χ1) is 7.89. The zero-order chi connectivity index (χ0) is 12.5. The van der Waals surface area contributed by atoms with E-state index in [1.807, 2.05) is 0 Å². The summed E-state index contributed by atoms with van der Waals surface area (Å²) in [6.07, 6.45) is -0.406. The number of rotatable bonds is 2. The Bertz CT molecular complexity index is 303. The number of hydrogen-bond acceptors (Lipinski definition) is 2. The molecule has 0 aliphatic carbocycles. The lowest BCUT2D eigenvalue weighted by Crippen LogP contribution is -2.48. The van der Waals surface area contributed by atoms with Crippen LogP contribution in [0, 0.1) is 0 Å². The predicted octanol–water partition coefficient (Wildman–Crippen LogP) is 2.32. The molecule has 5 heteroatoms. The van der Waals surface area contributed by atoms with Gasteiger partial charge in [-0.25, -0.2) is 0 Å². The maximum absolute atomic E-state index is 12.4. The molecule has 1 N–H and O–H groups in total. The molecule has 0 spiro atoms. The van der Waals surface area contributed by atoms with Crippen LogP contribution in [0.1, 0.15) is 26.2 Å². The minimum Gasteiger partial charge on any atom is -0.310 e. The van der Waals surface area contributed by atoms with Crippen LogP contribution < -0.4 is 5.32 Å². The summed E-state index contributed by atoms with van der Waals surface area (Å²) in [5, 5.41) is 3.44. The summed E-state index contributed by atoms with van der Waals surface area (Å²) in [6, 6.07) is 0. The molecule has 98 valence electrons. The molecule has 1 saturated heterocycles. The van der Waals surface area contributed by atoms with E-state index in [9.17, 15) is 13.2 Å². The third-order valence-electron chi connectivity index (χ3n) is 3.69. The maximum atomic E-state index is 12.4. The molecular weight excluding hydrogens is 229 g/mol. The Labute approximate surface area is 99.9 Å². The Morgan fingerprint density at radius 2 is 2.24 bits per heavy atom. The molecule has 0 aromatic heterocycles. The highest BCUT2D eigenvalue weighted by Gasteiger charge is 2.36. The van der Waals surface area contributed by atoms with E-state index in [1.165, 1.54) is 6.08 Å². The molecule has 2 aliphatic heterocycles. The summed E-state index contributed by atoms with van der Waals surface area (Å²) in [5.41, 5.74) is -0.276. The number of nitrogens with zero attached hydrogens (tertiary/aromatic N) is 1. The molecule has 2 aliphatic rings. The van der Waals surface area contributed by atoms with Crippen molar-refractivity contribution in [3.63, 3.8) is 0 Å². The predicted molar refractivity (Wildman–Crippen MR) is 60.8 cm³/mol. The standard InChI is InChI=1S/C12H19F3N2/c1-11(5-2-6-16-11)9-17-7-3-10(4-8-17)12(13,14)15/h3,16H,2,4-9H2,1H3. The fourth-order valence-corrected chi connectivity index (χ4v) is 2.70. The molecule has 1 fully saturated rings. The number of nitrogens with one attached hydrogen (secondary N) is 1. The molecule has 0 aromatic rings. The molecule has 0 radical (unpaired) electrons. The van der Waals surface area contributed by atoms with Crippen LogP contribution in [0.25, 0.3) is 0 Å². The molecule has 1 atom stereocenters. The van der Waals surface area contributed by atoms with Gasteiger partial charge in [-0.1, -0.05) is 6.08 Å². The largest absolute Gasteiger partial charge is 0.412 e. The van der Waals surface area contributed by atoms with Crippen molar-refractivity contribution < 1.29 is 13.2 Å². The number of halogens is 3. The minimum absolute atomic E-state index is 0.0869. The van der Waals surface area contributed by atoms with Gasteiger partial charge in [0.25, 0.3) is 0 Å². The first-order valence-corrected chi connectivity index (χ1v) is 6.13. The molecule has 2 rings (SSSR count). The molecular formula is C12H19F3N2. The van der Waals surface area contributed by atoms with Gasteiger partial charge in [0, 0.05) is 30.7 Å². The lowest BCUT2D eigenvalue weighted by molar-refractivity contribution is -0.0961. The van der Waals surface area contributed by atoms with E-state index in [2.05, 4.69) is 17.1 Å². The van der Waals surface area contributed by atoms with Gasteiger partial charge in [-0.3, -0.25) is 4.90 Å². The smallest absolute Gasteiger partial charge is 0.310 e. The van der Waals surface area contributed by atoms with Gasteiger partial charge < -0.3 is 5.32 Å². The SMILES string of the molecule is CC1(CN2CC=C(C(F)(F)F)CC2)CCCN1. The van der Waals surface area contributed by atoms with Crippen molar-refractivity contribution in [1.29, 1.82) is 0 Å². The maximum Gasteiger partial charge on any atom is 0.412 e. The van der Waals surface area contributed by atoms with Crippen LogP contribution >= 0.6 is 0 Å². The first-order valence-electron chi connectivity index (χ1n) is 6.13. The zero-order valence-electron chi connectivity index (χ0n) is 10.1. The van der Waals surface area contributed by atoms with E-state index in [1.54, 1.807) is 0 Å². The second-order valence-corrected chi connectivity index (χ2v) is 5.30. The van der Waals surface area contributed by atoms with Gasteiger partial charge >= 0.3 is 6.18 Å². The Hall–Kier alpha value is -0.550. The Morgan fingerprint density at radius 1 is 1.47 bits per heavy atom. The van der Waals surface area contributed by atoms with Crippen molar-refractivity contribution in [1.82, 2.24) is 10.2 Å². The summed E-state index contributed by atoms with van der Waals surface area (Å²) in [5.74, 6) is 0. The number of hydrogen-bond donors (Lipinski definition) is 1. The highest BCUT2D eigenvalue weighted by molar-refractivity contribution is 5.13. The van der Waals surface area contributed by atoms with E-state index in [0.29, 0.717) is 13.1 Å².